The smallest absolute Gasteiger partial charge is 0.249 e. The average Bonchev–Trinajstić information content (AvgIpc) is 3.22. The summed E-state index contributed by atoms with van der Waals surface area (Å²) in [6.07, 6.45) is 15.3. The second kappa shape index (κ2) is 10.8. The Labute approximate surface area is 236 Å². The first-order chi connectivity index (χ1) is 19.4. The molecule has 1 unspecified atom stereocenters. The Morgan fingerprint density at radius 1 is 0.875 bits per heavy atom. The van der Waals surface area contributed by atoms with E-state index in [9.17, 15) is 19.5 Å². The lowest BCUT2D eigenvalue weighted by atomic mass is 9.74. The summed E-state index contributed by atoms with van der Waals surface area (Å²) in [4.78, 5) is 48.7. The van der Waals surface area contributed by atoms with E-state index in [1.807, 2.05) is 66.5 Å². The van der Waals surface area contributed by atoms with Gasteiger partial charge in [-0.05, 0) is 51.2 Å². The second-order valence-corrected chi connectivity index (χ2v) is 12.2. The molecule has 40 heavy (non-hydrogen) atoms. The molecule has 4 aliphatic heterocycles. The number of likely N-dealkylation sites (tertiary alicyclic amines) is 1. The highest BCUT2D eigenvalue weighted by molar-refractivity contribution is 6.04. The van der Waals surface area contributed by atoms with Crippen molar-refractivity contribution in [3.63, 3.8) is 0 Å². The zero-order valence-corrected chi connectivity index (χ0v) is 23.4. The van der Waals surface area contributed by atoms with Gasteiger partial charge >= 0.3 is 0 Å². The Bertz CT molecular complexity index is 1190. The molecule has 1 N–H and O–H groups in total. The number of nitrogens with zero attached hydrogens (tertiary/aromatic N) is 3. The molecular weight excluding hydrogens is 506 g/mol. The number of unbranched alkanes of at least 4 members (excludes halogenated alkanes) is 2. The molecule has 3 fully saturated rings. The van der Waals surface area contributed by atoms with Crippen molar-refractivity contribution in [1.82, 2.24) is 9.80 Å². The largest absolute Gasteiger partial charge is 0.396 e. The summed E-state index contributed by atoms with van der Waals surface area (Å²) < 4.78 is 6.95. The lowest BCUT2D eigenvalue weighted by Gasteiger charge is -2.40. The van der Waals surface area contributed by atoms with Crippen molar-refractivity contribution in [2.75, 3.05) is 31.1 Å². The van der Waals surface area contributed by atoms with E-state index < -0.39 is 29.1 Å². The van der Waals surface area contributed by atoms with Crippen molar-refractivity contribution in [3.8, 4) is 0 Å². The van der Waals surface area contributed by atoms with Crippen molar-refractivity contribution in [3.05, 3.63) is 54.6 Å². The minimum atomic E-state index is -1.21. The number of anilines is 1. The van der Waals surface area contributed by atoms with Crippen molar-refractivity contribution >= 4 is 23.4 Å². The molecule has 1 spiro atoms. The summed E-state index contributed by atoms with van der Waals surface area (Å²) in [5.74, 6) is -1.95. The topological polar surface area (TPSA) is 90.4 Å². The molecule has 1 aromatic carbocycles. The molecule has 8 nitrogen and oxygen atoms in total. The van der Waals surface area contributed by atoms with Crippen LogP contribution in [0.15, 0.2) is 54.6 Å². The van der Waals surface area contributed by atoms with E-state index in [-0.39, 0.29) is 30.4 Å². The summed E-state index contributed by atoms with van der Waals surface area (Å²) in [5, 5.41) is 9.30. The fourth-order valence-electron chi connectivity index (χ4n) is 7.91. The molecule has 1 aromatic rings. The van der Waals surface area contributed by atoms with Gasteiger partial charge in [0, 0.05) is 38.0 Å². The molecule has 0 radical (unpaired) electrons. The van der Waals surface area contributed by atoms with Crippen LogP contribution < -0.4 is 4.90 Å². The normalized spacial score (nSPS) is 34.1. The number of fused-ring (bicyclic) bond motifs is 2. The molecule has 1 saturated carbocycles. The second-order valence-electron chi connectivity index (χ2n) is 12.2. The average molecular weight is 548 g/mol. The number of carbonyl (C=O) groups is 3. The van der Waals surface area contributed by atoms with Crippen molar-refractivity contribution < 1.29 is 24.2 Å². The Kier molecular flexibility index (Phi) is 7.34. The number of aliphatic hydroxyl groups is 1. The van der Waals surface area contributed by atoms with Gasteiger partial charge in [-0.15, -0.1) is 0 Å². The Hall–Kier alpha value is -2.97. The summed E-state index contributed by atoms with van der Waals surface area (Å²) in [6.45, 7) is 3.28. The van der Waals surface area contributed by atoms with Gasteiger partial charge in [0.05, 0.1) is 17.4 Å². The fraction of sp³-hybridized carbons (Fsp3) is 0.594. The molecule has 6 rings (SSSR count). The first kappa shape index (κ1) is 27.2. The molecule has 5 atom stereocenters. The van der Waals surface area contributed by atoms with Crippen LogP contribution in [0.2, 0.25) is 0 Å². The molecule has 214 valence electrons. The lowest BCUT2D eigenvalue weighted by molar-refractivity contribution is -0.152. The van der Waals surface area contributed by atoms with Crippen LogP contribution in [0.25, 0.3) is 0 Å². The molecule has 0 aromatic heterocycles. The van der Waals surface area contributed by atoms with E-state index in [0.717, 1.165) is 37.8 Å². The first-order valence-corrected chi connectivity index (χ1v) is 15.0. The van der Waals surface area contributed by atoms with Gasteiger partial charge in [0.25, 0.3) is 0 Å². The fourth-order valence-corrected chi connectivity index (χ4v) is 7.91. The SMILES string of the molecule is C[C@]12C=CCN(c3ccccc3)C(=O)[C@H]1[C@H]1C(=O)N(CCCCCO)C3C(=O)N(C4CCCCC4)CC=C[C@@]31O2. The van der Waals surface area contributed by atoms with Crippen LogP contribution in [0.4, 0.5) is 5.69 Å². The predicted molar refractivity (Wildman–Crippen MR) is 151 cm³/mol. The predicted octanol–water partition coefficient (Wildman–Crippen LogP) is 3.45. The number of carbonyl (C=O) groups excluding carboxylic acids is 3. The van der Waals surface area contributed by atoms with Crippen LogP contribution in [0, 0.1) is 11.8 Å². The maximum atomic E-state index is 14.5. The van der Waals surface area contributed by atoms with Gasteiger partial charge in [0.15, 0.2) is 0 Å². The Morgan fingerprint density at radius 3 is 2.38 bits per heavy atom. The summed E-state index contributed by atoms with van der Waals surface area (Å²) in [5.41, 5.74) is -1.46. The van der Waals surface area contributed by atoms with E-state index in [4.69, 9.17) is 4.74 Å². The monoisotopic (exact) mass is 547 g/mol. The molecule has 3 amide bonds. The maximum absolute atomic E-state index is 14.5. The van der Waals surface area contributed by atoms with Crippen LogP contribution in [-0.4, -0.2) is 82.2 Å². The molecular formula is C32H41N3O5. The van der Waals surface area contributed by atoms with Gasteiger partial charge in [-0.1, -0.05) is 61.8 Å². The lowest BCUT2D eigenvalue weighted by Crippen LogP contribution is -2.57. The van der Waals surface area contributed by atoms with Crippen LogP contribution in [-0.2, 0) is 19.1 Å². The number of aliphatic hydroxyl groups excluding tert-OH is 1. The number of hydrogen-bond donors (Lipinski definition) is 1. The standard InChI is InChI=1S/C32H41N3O5/c1-31-17-11-20-33(23-13-5-2-6-14-23)28(37)25(31)26-29(38)35(19-9-4-10-22-36)27-30(39)34(24-15-7-3-8-16-24)21-12-18-32(26,27)40-31/h2,5-6,11-14,17-18,24-27,36H,3-4,7-10,15-16,19-22H2,1H3/t25-,26+,27?,31+,32+/m1/s1. The highest BCUT2D eigenvalue weighted by atomic mass is 16.5. The van der Waals surface area contributed by atoms with Gasteiger partial charge in [-0.2, -0.15) is 0 Å². The molecule has 2 saturated heterocycles. The summed E-state index contributed by atoms with van der Waals surface area (Å²) in [6, 6.07) is 8.88. The van der Waals surface area contributed by atoms with E-state index >= 15 is 0 Å². The van der Waals surface area contributed by atoms with Crippen molar-refractivity contribution in [2.45, 2.75) is 81.6 Å². The third-order valence-electron chi connectivity index (χ3n) is 9.73. The molecule has 0 bridgehead atoms. The van der Waals surface area contributed by atoms with E-state index in [1.165, 1.54) is 6.42 Å². The van der Waals surface area contributed by atoms with Crippen LogP contribution >= 0.6 is 0 Å². The van der Waals surface area contributed by atoms with Crippen LogP contribution in [0.3, 0.4) is 0 Å². The maximum Gasteiger partial charge on any atom is 0.249 e. The number of amides is 3. The zero-order chi connectivity index (χ0) is 27.9. The highest BCUT2D eigenvalue weighted by Gasteiger charge is 2.74. The van der Waals surface area contributed by atoms with Gasteiger partial charge in [-0.25, -0.2) is 0 Å². The van der Waals surface area contributed by atoms with E-state index in [1.54, 1.807) is 9.80 Å². The minimum Gasteiger partial charge on any atom is -0.396 e. The summed E-state index contributed by atoms with van der Waals surface area (Å²) >= 11 is 0. The van der Waals surface area contributed by atoms with Gasteiger partial charge in [0.2, 0.25) is 17.7 Å². The Morgan fingerprint density at radius 2 is 1.62 bits per heavy atom. The van der Waals surface area contributed by atoms with Crippen LogP contribution in [0.5, 0.6) is 0 Å². The number of ether oxygens (including phenoxy) is 1. The highest BCUT2D eigenvalue weighted by Crippen LogP contribution is 2.57. The third kappa shape index (κ3) is 4.31. The molecule has 8 heteroatoms. The number of benzene rings is 1. The van der Waals surface area contributed by atoms with Gasteiger partial charge < -0.3 is 24.5 Å². The van der Waals surface area contributed by atoms with Crippen molar-refractivity contribution in [2.24, 2.45) is 11.8 Å². The number of hydrogen-bond acceptors (Lipinski definition) is 5. The first-order valence-electron chi connectivity index (χ1n) is 15.0. The minimum absolute atomic E-state index is 0.0636. The Balaban J connectivity index is 1.41. The molecule has 1 aliphatic carbocycles. The van der Waals surface area contributed by atoms with E-state index in [2.05, 4.69) is 0 Å². The van der Waals surface area contributed by atoms with Crippen LogP contribution in [0.1, 0.15) is 58.3 Å². The van der Waals surface area contributed by atoms with E-state index in [0.29, 0.717) is 32.5 Å². The number of para-hydroxylation sites is 1. The van der Waals surface area contributed by atoms with Crippen molar-refractivity contribution in [1.29, 1.82) is 0 Å². The quantitative estimate of drug-likeness (QED) is 0.417. The van der Waals surface area contributed by atoms with Gasteiger partial charge in [-0.3, -0.25) is 14.4 Å². The third-order valence-corrected chi connectivity index (χ3v) is 9.73. The molecule has 4 heterocycles. The molecule has 5 aliphatic rings. The summed E-state index contributed by atoms with van der Waals surface area (Å²) in [7, 11) is 0. The number of rotatable bonds is 7. The zero-order valence-electron chi connectivity index (χ0n) is 23.4. The van der Waals surface area contributed by atoms with Gasteiger partial charge in [0.1, 0.15) is 11.6 Å².